The molecular weight excluding hydrogens is 382 g/mol. The Labute approximate surface area is 177 Å². The second kappa shape index (κ2) is 9.96. The van der Waals surface area contributed by atoms with E-state index in [1.807, 2.05) is 30.9 Å². The number of pyridine rings is 1. The fourth-order valence-corrected chi connectivity index (χ4v) is 3.35. The molecule has 0 atom stereocenters. The van der Waals surface area contributed by atoms with Crippen molar-refractivity contribution in [1.29, 1.82) is 0 Å². The highest BCUT2D eigenvalue weighted by Gasteiger charge is 2.21. The standard InChI is InChI=1S/C22H29N5O3/c1-16(2)21(28)27-12-4-11-26(13-14-27)20-10-7-18(15-23-20)25-22(29)24-17-5-8-19(30-3)9-6-17/h5-10,15-16H,4,11-14H2,1-3H3,(H2,24,25,29). The van der Waals surface area contributed by atoms with E-state index in [1.165, 1.54) is 0 Å². The van der Waals surface area contributed by atoms with Gasteiger partial charge in [-0.2, -0.15) is 0 Å². The van der Waals surface area contributed by atoms with Crippen LogP contribution in [-0.4, -0.2) is 55.1 Å². The molecule has 0 spiro atoms. The minimum atomic E-state index is -0.340. The van der Waals surface area contributed by atoms with Crippen LogP contribution in [0.3, 0.4) is 0 Å². The van der Waals surface area contributed by atoms with Gasteiger partial charge < -0.3 is 25.2 Å². The van der Waals surface area contributed by atoms with Gasteiger partial charge in [0.1, 0.15) is 11.6 Å². The van der Waals surface area contributed by atoms with Crippen molar-refractivity contribution >= 4 is 29.1 Å². The first-order valence-electron chi connectivity index (χ1n) is 10.2. The highest BCUT2D eigenvalue weighted by molar-refractivity contribution is 5.99. The molecule has 2 N–H and O–H groups in total. The topological polar surface area (TPSA) is 86.8 Å². The van der Waals surface area contributed by atoms with Crippen molar-refractivity contribution in [3.8, 4) is 5.75 Å². The average molecular weight is 412 g/mol. The summed E-state index contributed by atoms with van der Waals surface area (Å²) in [4.78, 5) is 33.0. The molecule has 3 amide bonds. The third-order valence-corrected chi connectivity index (χ3v) is 4.98. The number of nitrogens with one attached hydrogen (secondary N) is 2. The van der Waals surface area contributed by atoms with Gasteiger partial charge in [0.15, 0.2) is 0 Å². The third-order valence-electron chi connectivity index (χ3n) is 4.98. The van der Waals surface area contributed by atoms with Crippen LogP contribution in [-0.2, 0) is 4.79 Å². The Balaban J connectivity index is 1.54. The maximum atomic E-state index is 12.2. The Bertz CT molecular complexity index is 852. The number of rotatable bonds is 5. The quantitative estimate of drug-likeness (QED) is 0.787. The fraction of sp³-hybridized carbons (Fsp3) is 0.409. The molecule has 0 saturated carbocycles. The number of nitrogens with zero attached hydrogens (tertiary/aromatic N) is 3. The summed E-state index contributed by atoms with van der Waals surface area (Å²) < 4.78 is 5.11. The van der Waals surface area contributed by atoms with Gasteiger partial charge in [-0.05, 0) is 42.8 Å². The van der Waals surface area contributed by atoms with Gasteiger partial charge in [0.25, 0.3) is 0 Å². The van der Waals surface area contributed by atoms with Crippen LogP contribution in [0.4, 0.5) is 22.0 Å². The lowest BCUT2D eigenvalue weighted by molar-refractivity contribution is -0.134. The van der Waals surface area contributed by atoms with E-state index in [0.29, 0.717) is 17.9 Å². The van der Waals surface area contributed by atoms with Gasteiger partial charge in [-0.1, -0.05) is 13.8 Å². The highest BCUT2D eigenvalue weighted by Crippen LogP contribution is 2.18. The number of methoxy groups -OCH3 is 1. The van der Waals surface area contributed by atoms with Gasteiger partial charge in [-0.25, -0.2) is 9.78 Å². The Hall–Kier alpha value is -3.29. The minimum absolute atomic E-state index is 0.0177. The number of amides is 3. The molecule has 1 aliphatic rings. The van der Waals surface area contributed by atoms with Crippen LogP contribution in [0.1, 0.15) is 20.3 Å². The zero-order chi connectivity index (χ0) is 21.5. The van der Waals surface area contributed by atoms with E-state index in [2.05, 4.69) is 20.5 Å². The van der Waals surface area contributed by atoms with Crippen LogP contribution in [0.15, 0.2) is 42.6 Å². The van der Waals surface area contributed by atoms with Crippen molar-refractivity contribution in [3.63, 3.8) is 0 Å². The van der Waals surface area contributed by atoms with Crippen molar-refractivity contribution in [2.75, 3.05) is 48.8 Å². The molecule has 1 fully saturated rings. The number of ether oxygens (including phenoxy) is 1. The number of carbonyl (C=O) groups is 2. The number of hydrogen-bond donors (Lipinski definition) is 2. The summed E-state index contributed by atoms with van der Waals surface area (Å²) in [6, 6.07) is 10.5. The first kappa shape index (κ1) is 21.4. The maximum absolute atomic E-state index is 12.2. The van der Waals surface area contributed by atoms with Crippen LogP contribution in [0.25, 0.3) is 0 Å². The molecule has 0 radical (unpaired) electrons. The van der Waals surface area contributed by atoms with E-state index >= 15 is 0 Å². The zero-order valence-electron chi connectivity index (χ0n) is 17.7. The van der Waals surface area contributed by atoms with E-state index in [1.54, 1.807) is 37.6 Å². The van der Waals surface area contributed by atoms with Crippen molar-refractivity contribution < 1.29 is 14.3 Å². The van der Waals surface area contributed by atoms with Crippen molar-refractivity contribution in [2.45, 2.75) is 20.3 Å². The minimum Gasteiger partial charge on any atom is -0.497 e. The summed E-state index contributed by atoms with van der Waals surface area (Å²) >= 11 is 0. The molecule has 1 saturated heterocycles. The molecule has 1 aromatic heterocycles. The summed E-state index contributed by atoms with van der Waals surface area (Å²) in [5, 5.41) is 5.55. The van der Waals surface area contributed by atoms with Gasteiger partial charge in [-0.15, -0.1) is 0 Å². The smallest absolute Gasteiger partial charge is 0.323 e. The number of anilines is 3. The molecule has 0 bridgehead atoms. The molecule has 1 aromatic carbocycles. The summed E-state index contributed by atoms with van der Waals surface area (Å²) in [6.07, 6.45) is 2.55. The summed E-state index contributed by atoms with van der Waals surface area (Å²) in [7, 11) is 1.60. The van der Waals surface area contributed by atoms with Crippen molar-refractivity contribution in [1.82, 2.24) is 9.88 Å². The predicted octanol–water partition coefficient (Wildman–Crippen LogP) is 3.43. The molecule has 2 heterocycles. The van der Waals surface area contributed by atoms with Gasteiger partial charge in [0.05, 0.1) is 19.0 Å². The number of benzene rings is 1. The molecule has 30 heavy (non-hydrogen) atoms. The Morgan fingerprint density at radius 1 is 0.967 bits per heavy atom. The molecule has 8 heteroatoms. The second-order valence-corrected chi connectivity index (χ2v) is 7.53. The number of carbonyl (C=O) groups excluding carboxylic acids is 2. The van der Waals surface area contributed by atoms with Gasteiger partial charge in [-0.3, -0.25) is 4.79 Å². The largest absolute Gasteiger partial charge is 0.497 e. The lowest BCUT2D eigenvalue weighted by atomic mass is 10.2. The highest BCUT2D eigenvalue weighted by atomic mass is 16.5. The lowest BCUT2D eigenvalue weighted by Crippen LogP contribution is -2.37. The molecule has 160 valence electrons. The molecule has 1 aliphatic heterocycles. The third kappa shape index (κ3) is 5.62. The molecule has 2 aromatic rings. The first-order chi connectivity index (χ1) is 14.5. The Morgan fingerprint density at radius 2 is 1.67 bits per heavy atom. The van der Waals surface area contributed by atoms with Crippen molar-refractivity contribution in [2.24, 2.45) is 5.92 Å². The van der Waals surface area contributed by atoms with Crippen LogP contribution in [0, 0.1) is 5.92 Å². The zero-order valence-corrected chi connectivity index (χ0v) is 17.7. The fourth-order valence-electron chi connectivity index (χ4n) is 3.35. The molecule has 0 aliphatic carbocycles. The van der Waals surface area contributed by atoms with Crippen LogP contribution in [0.2, 0.25) is 0 Å². The van der Waals surface area contributed by atoms with Crippen LogP contribution >= 0.6 is 0 Å². The van der Waals surface area contributed by atoms with Gasteiger partial charge >= 0.3 is 6.03 Å². The van der Waals surface area contributed by atoms with E-state index < -0.39 is 0 Å². The SMILES string of the molecule is COc1ccc(NC(=O)Nc2ccc(N3CCCN(C(=O)C(C)C)CC3)nc2)cc1. The van der Waals surface area contributed by atoms with E-state index in [4.69, 9.17) is 4.74 Å². The monoisotopic (exact) mass is 411 g/mol. The Morgan fingerprint density at radius 3 is 2.30 bits per heavy atom. The number of hydrogen-bond acceptors (Lipinski definition) is 5. The van der Waals surface area contributed by atoms with Crippen LogP contribution in [0.5, 0.6) is 5.75 Å². The maximum Gasteiger partial charge on any atom is 0.323 e. The lowest BCUT2D eigenvalue weighted by Gasteiger charge is -2.24. The van der Waals surface area contributed by atoms with Gasteiger partial charge in [0, 0.05) is 37.8 Å². The Kier molecular flexibility index (Phi) is 7.11. The molecule has 8 nitrogen and oxygen atoms in total. The molecular formula is C22H29N5O3. The number of urea groups is 1. The van der Waals surface area contributed by atoms with E-state index in [9.17, 15) is 9.59 Å². The molecule has 0 unspecified atom stereocenters. The number of aromatic nitrogens is 1. The van der Waals surface area contributed by atoms with Crippen molar-refractivity contribution in [3.05, 3.63) is 42.6 Å². The van der Waals surface area contributed by atoms with Gasteiger partial charge in [0.2, 0.25) is 5.91 Å². The summed E-state index contributed by atoms with van der Waals surface area (Å²) in [5.41, 5.74) is 1.28. The summed E-state index contributed by atoms with van der Waals surface area (Å²) in [5.74, 6) is 1.79. The predicted molar refractivity (Wildman–Crippen MR) is 118 cm³/mol. The summed E-state index contributed by atoms with van der Waals surface area (Å²) in [6.45, 7) is 6.93. The first-order valence-corrected chi connectivity index (χ1v) is 10.2. The second-order valence-electron chi connectivity index (χ2n) is 7.53. The molecule has 3 rings (SSSR count). The average Bonchev–Trinajstić information content (AvgIpc) is 3.00. The van der Waals surface area contributed by atoms with E-state index in [0.717, 1.165) is 37.6 Å². The van der Waals surface area contributed by atoms with E-state index in [-0.39, 0.29) is 17.9 Å². The van der Waals surface area contributed by atoms with Crippen LogP contribution < -0.4 is 20.3 Å². The normalized spacial score (nSPS) is 14.3.